The predicted octanol–water partition coefficient (Wildman–Crippen LogP) is 4.64. The SMILES string of the molecule is CCCN1c2ccc(/C=N/NC(=O)COc3ccccc3OC)cc2C(C)=CC1(C)C. The van der Waals surface area contributed by atoms with Crippen molar-refractivity contribution in [2.75, 3.05) is 25.2 Å². The Balaban J connectivity index is 1.64. The lowest BCUT2D eigenvalue weighted by Gasteiger charge is -2.43. The Morgan fingerprint density at radius 1 is 1.19 bits per heavy atom. The van der Waals surface area contributed by atoms with Gasteiger partial charge in [0.1, 0.15) is 0 Å². The summed E-state index contributed by atoms with van der Waals surface area (Å²) >= 11 is 0. The molecule has 2 aromatic rings. The van der Waals surface area contributed by atoms with Crippen molar-refractivity contribution in [1.82, 2.24) is 5.43 Å². The summed E-state index contributed by atoms with van der Waals surface area (Å²) < 4.78 is 10.7. The number of para-hydroxylation sites is 2. The number of anilines is 1. The van der Waals surface area contributed by atoms with Crippen molar-refractivity contribution >= 4 is 23.4 Å². The van der Waals surface area contributed by atoms with Crippen LogP contribution in [0, 0.1) is 0 Å². The monoisotopic (exact) mass is 421 g/mol. The summed E-state index contributed by atoms with van der Waals surface area (Å²) in [6.45, 7) is 9.68. The summed E-state index contributed by atoms with van der Waals surface area (Å²) in [5.41, 5.74) is 7.10. The van der Waals surface area contributed by atoms with Crippen molar-refractivity contribution in [2.45, 2.75) is 39.7 Å². The molecule has 1 aliphatic rings. The van der Waals surface area contributed by atoms with Gasteiger partial charge < -0.3 is 14.4 Å². The quantitative estimate of drug-likeness (QED) is 0.498. The molecule has 0 saturated carbocycles. The molecule has 0 spiro atoms. The number of hydrazone groups is 1. The molecular weight excluding hydrogens is 390 g/mol. The average molecular weight is 422 g/mol. The van der Waals surface area contributed by atoms with Crippen molar-refractivity contribution in [3.63, 3.8) is 0 Å². The molecule has 1 N–H and O–H groups in total. The smallest absolute Gasteiger partial charge is 0.277 e. The lowest BCUT2D eigenvalue weighted by molar-refractivity contribution is -0.123. The van der Waals surface area contributed by atoms with Gasteiger partial charge in [0, 0.05) is 17.8 Å². The number of rotatable bonds is 8. The highest BCUT2D eigenvalue weighted by atomic mass is 16.5. The summed E-state index contributed by atoms with van der Waals surface area (Å²) in [6, 6.07) is 13.5. The highest BCUT2D eigenvalue weighted by Crippen LogP contribution is 2.39. The zero-order valence-corrected chi connectivity index (χ0v) is 18.9. The molecule has 0 atom stereocenters. The van der Waals surface area contributed by atoms with Crippen LogP contribution < -0.4 is 19.8 Å². The lowest BCUT2D eigenvalue weighted by atomic mass is 9.88. The highest BCUT2D eigenvalue weighted by Gasteiger charge is 2.30. The number of carbonyl (C=O) groups is 1. The number of hydrogen-bond acceptors (Lipinski definition) is 5. The number of nitrogens with one attached hydrogen (secondary N) is 1. The van der Waals surface area contributed by atoms with Gasteiger partial charge in [-0.1, -0.05) is 31.2 Å². The maximum atomic E-state index is 12.1. The molecule has 164 valence electrons. The van der Waals surface area contributed by atoms with Gasteiger partial charge in [-0.15, -0.1) is 0 Å². The van der Waals surface area contributed by atoms with Crippen LogP contribution in [0.5, 0.6) is 11.5 Å². The third-order valence-corrected chi connectivity index (χ3v) is 5.28. The van der Waals surface area contributed by atoms with E-state index in [2.05, 4.69) is 61.3 Å². The van der Waals surface area contributed by atoms with Gasteiger partial charge in [0.15, 0.2) is 18.1 Å². The van der Waals surface area contributed by atoms with Crippen LogP contribution in [0.15, 0.2) is 53.6 Å². The standard InChI is InChI=1S/C25H31N3O3/c1-6-13-28-21-12-11-19(14-20(21)18(2)15-25(28,3)4)16-26-27-24(29)17-31-23-10-8-7-9-22(23)30-5/h7-12,14-16H,6,13,17H2,1-5H3,(H,27,29)/b26-16+. The molecule has 31 heavy (non-hydrogen) atoms. The van der Waals surface area contributed by atoms with Crippen molar-refractivity contribution < 1.29 is 14.3 Å². The number of nitrogens with zero attached hydrogens (tertiary/aromatic N) is 2. The number of allylic oxidation sites excluding steroid dienone is 1. The zero-order chi connectivity index (χ0) is 22.4. The van der Waals surface area contributed by atoms with E-state index in [0.29, 0.717) is 11.5 Å². The Kier molecular flexibility index (Phi) is 7.00. The molecule has 0 unspecified atom stereocenters. The Bertz CT molecular complexity index is 995. The molecule has 1 amide bonds. The molecule has 0 aliphatic carbocycles. The van der Waals surface area contributed by atoms with E-state index in [0.717, 1.165) is 18.5 Å². The fourth-order valence-corrected chi connectivity index (χ4v) is 3.91. The Labute approximate surface area is 184 Å². The number of hydrogen-bond donors (Lipinski definition) is 1. The van der Waals surface area contributed by atoms with Crippen LogP contribution in [0.2, 0.25) is 0 Å². The van der Waals surface area contributed by atoms with E-state index in [1.54, 1.807) is 25.5 Å². The number of methoxy groups -OCH3 is 1. The summed E-state index contributed by atoms with van der Waals surface area (Å²) in [6.07, 6.45) is 5.04. The largest absolute Gasteiger partial charge is 0.493 e. The third-order valence-electron chi connectivity index (χ3n) is 5.28. The molecule has 6 nitrogen and oxygen atoms in total. The van der Waals surface area contributed by atoms with E-state index < -0.39 is 0 Å². The van der Waals surface area contributed by atoms with Crippen LogP contribution in [0.4, 0.5) is 5.69 Å². The van der Waals surface area contributed by atoms with E-state index in [9.17, 15) is 4.79 Å². The molecule has 6 heteroatoms. The molecule has 0 aromatic heterocycles. The van der Waals surface area contributed by atoms with Crippen LogP contribution in [-0.4, -0.2) is 37.9 Å². The molecule has 1 heterocycles. The van der Waals surface area contributed by atoms with Gasteiger partial charge in [-0.3, -0.25) is 4.79 Å². The minimum Gasteiger partial charge on any atom is -0.493 e. The summed E-state index contributed by atoms with van der Waals surface area (Å²) in [5, 5.41) is 4.09. The van der Waals surface area contributed by atoms with Crippen molar-refractivity contribution in [1.29, 1.82) is 0 Å². The summed E-state index contributed by atoms with van der Waals surface area (Å²) in [5.74, 6) is 0.754. The third kappa shape index (κ3) is 5.26. The first-order chi connectivity index (χ1) is 14.9. The summed E-state index contributed by atoms with van der Waals surface area (Å²) in [7, 11) is 1.56. The minimum absolute atomic E-state index is 0.0158. The molecule has 3 rings (SSSR count). The van der Waals surface area contributed by atoms with Gasteiger partial charge in [-0.25, -0.2) is 5.43 Å². The topological polar surface area (TPSA) is 63.2 Å². The number of carbonyl (C=O) groups excluding carboxylic acids is 1. The molecular formula is C25H31N3O3. The van der Waals surface area contributed by atoms with E-state index in [4.69, 9.17) is 9.47 Å². The van der Waals surface area contributed by atoms with Crippen LogP contribution in [0.1, 0.15) is 45.2 Å². The number of ether oxygens (including phenoxy) is 2. The molecule has 0 radical (unpaired) electrons. The normalized spacial score (nSPS) is 14.7. The molecule has 2 aromatic carbocycles. The lowest BCUT2D eigenvalue weighted by Crippen LogP contribution is -2.45. The summed E-state index contributed by atoms with van der Waals surface area (Å²) in [4.78, 5) is 14.5. The maximum Gasteiger partial charge on any atom is 0.277 e. The van der Waals surface area contributed by atoms with E-state index >= 15 is 0 Å². The van der Waals surface area contributed by atoms with E-state index in [-0.39, 0.29) is 18.1 Å². The Morgan fingerprint density at radius 3 is 2.65 bits per heavy atom. The van der Waals surface area contributed by atoms with Crippen molar-refractivity contribution in [3.8, 4) is 11.5 Å². The van der Waals surface area contributed by atoms with Crippen LogP contribution in [0.25, 0.3) is 5.57 Å². The zero-order valence-electron chi connectivity index (χ0n) is 18.9. The molecule has 0 fully saturated rings. The first-order valence-electron chi connectivity index (χ1n) is 10.5. The van der Waals surface area contributed by atoms with Gasteiger partial charge in [0.25, 0.3) is 5.91 Å². The number of fused-ring (bicyclic) bond motifs is 1. The predicted molar refractivity (Wildman–Crippen MR) is 126 cm³/mol. The first-order valence-corrected chi connectivity index (χ1v) is 10.5. The highest BCUT2D eigenvalue weighted by molar-refractivity contribution is 5.88. The molecule has 0 saturated heterocycles. The van der Waals surface area contributed by atoms with Gasteiger partial charge in [-0.05, 0) is 62.6 Å². The van der Waals surface area contributed by atoms with E-state index in [1.165, 1.54) is 16.8 Å². The molecule has 1 aliphatic heterocycles. The molecule has 0 bridgehead atoms. The minimum atomic E-state index is -0.341. The van der Waals surface area contributed by atoms with Gasteiger partial charge in [0.2, 0.25) is 0 Å². The van der Waals surface area contributed by atoms with Gasteiger partial charge in [0.05, 0.1) is 18.9 Å². The Morgan fingerprint density at radius 2 is 1.94 bits per heavy atom. The average Bonchev–Trinajstić information content (AvgIpc) is 2.75. The van der Waals surface area contributed by atoms with Crippen molar-refractivity contribution in [2.24, 2.45) is 5.10 Å². The second-order valence-electron chi connectivity index (χ2n) is 8.14. The van der Waals surface area contributed by atoms with Crippen LogP contribution in [0.3, 0.4) is 0 Å². The van der Waals surface area contributed by atoms with Gasteiger partial charge >= 0.3 is 0 Å². The van der Waals surface area contributed by atoms with Crippen molar-refractivity contribution in [3.05, 3.63) is 59.7 Å². The van der Waals surface area contributed by atoms with E-state index in [1.807, 2.05) is 18.2 Å². The second kappa shape index (κ2) is 9.69. The van der Waals surface area contributed by atoms with Gasteiger partial charge in [-0.2, -0.15) is 5.10 Å². The Hall–Kier alpha value is -3.28. The fourth-order valence-electron chi connectivity index (χ4n) is 3.91. The number of amides is 1. The first kappa shape index (κ1) is 22.4. The van der Waals surface area contributed by atoms with Crippen LogP contribution >= 0.6 is 0 Å². The maximum absolute atomic E-state index is 12.1. The fraction of sp³-hybridized carbons (Fsp3) is 0.360. The second-order valence-corrected chi connectivity index (χ2v) is 8.14. The number of benzene rings is 2. The van der Waals surface area contributed by atoms with Crippen LogP contribution in [-0.2, 0) is 4.79 Å².